The molecule has 0 amide bonds. The summed E-state index contributed by atoms with van der Waals surface area (Å²) in [5.74, 6) is -0.172. The van der Waals surface area contributed by atoms with Crippen LogP contribution in [0.3, 0.4) is 0 Å². The standard InChI is InChI=1S/C7H14BO2/c1-5-8-10-6(9)7(2,3)4/h5H2,1-4H3. The third kappa shape index (κ3) is 3.54. The number of hydrogen-bond donors (Lipinski definition) is 0. The minimum Gasteiger partial charge on any atom is -0.538 e. The van der Waals surface area contributed by atoms with E-state index in [0.29, 0.717) is 0 Å². The highest BCUT2D eigenvalue weighted by Gasteiger charge is 2.22. The van der Waals surface area contributed by atoms with Crippen LogP contribution in [0.15, 0.2) is 0 Å². The number of carbonyl (C=O) groups excluding carboxylic acids is 1. The molecule has 3 heteroatoms. The maximum Gasteiger partial charge on any atom is 0.373 e. The van der Waals surface area contributed by atoms with E-state index >= 15 is 0 Å². The van der Waals surface area contributed by atoms with Crippen molar-refractivity contribution in [1.29, 1.82) is 0 Å². The Morgan fingerprint density at radius 1 is 1.50 bits per heavy atom. The molecular formula is C7H14BO2. The van der Waals surface area contributed by atoms with E-state index in [9.17, 15) is 4.79 Å². The first kappa shape index (κ1) is 9.53. The molecule has 0 fully saturated rings. The zero-order valence-corrected chi connectivity index (χ0v) is 7.10. The van der Waals surface area contributed by atoms with Crippen LogP contribution in [0.4, 0.5) is 0 Å². The Bertz CT molecular complexity index is 115. The van der Waals surface area contributed by atoms with Gasteiger partial charge in [-0.1, -0.05) is 6.92 Å². The Balaban J connectivity index is 3.64. The Hall–Kier alpha value is -0.465. The van der Waals surface area contributed by atoms with E-state index in [4.69, 9.17) is 4.65 Å². The van der Waals surface area contributed by atoms with Crippen LogP contribution in [0.25, 0.3) is 0 Å². The van der Waals surface area contributed by atoms with Crippen molar-refractivity contribution >= 4 is 13.5 Å². The summed E-state index contributed by atoms with van der Waals surface area (Å²) in [5.41, 5.74) is -0.383. The summed E-state index contributed by atoms with van der Waals surface area (Å²) < 4.78 is 4.79. The van der Waals surface area contributed by atoms with Gasteiger partial charge in [0.15, 0.2) is 0 Å². The summed E-state index contributed by atoms with van der Waals surface area (Å²) in [4.78, 5) is 11.0. The SMILES string of the molecule is CC[B]OC(=O)C(C)(C)C. The summed E-state index contributed by atoms with van der Waals surface area (Å²) in [7, 11) is 1.52. The topological polar surface area (TPSA) is 26.3 Å². The van der Waals surface area contributed by atoms with E-state index in [0.717, 1.165) is 6.32 Å². The summed E-state index contributed by atoms with van der Waals surface area (Å²) >= 11 is 0. The molecule has 0 bridgehead atoms. The van der Waals surface area contributed by atoms with Crippen molar-refractivity contribution in [2.24, 2.45) is 5.41 Å². The summed E-state index contributed by atoms with van der Waals surface area (Å²) in [5, 5.41) is 0. The number of carbonyl (C=O) groups is 1. The molecule has 0 aliphatic rings. The molecule has 0 atom stereocenters. The highest BCUT2D eigenvalue weighted by Crippen LogP contribution is 2.14. The van der Waals surface area contributed by atoms with Crippen LogP contribution in [-0.4, -0.2) is 13.5 Å². The molecule has 0 aromatic heterocycles. The summed E-state index contributed by atoms with van der Waals surface area (Å²) in [6.45, 7) is 7.42. The molecule has 0 unspecified atom stereocenters. The molecule has 10 heavy (non-hydrogen) atoms. The Kier molecular flexibility index (Phi) is 3.47. The second kappa shape index (κ2) is 3.64. The van der Waals surface area contributed by atoms with Gasteiger partial charge in [-0.3, -0.25) is 4.79 Å². The summed E-state index contributed by atoms with van der Waals surface area (Å²) in [6.07, 6.45) is 0.766. The molecule has 0 heterocycles. The zero-order chi connectivity index (χ0) is 8.20. The first-order valence-corrected chi connectivity index (χ1v) is 3.51. The van der Waals surface area contributed by atoms with Gasteiger partial charge in [0.1, 0.15) is 0 Å². The van der Waals surface area contributed by atoms with E-state index in [1.165, 1.54) is 7.48 Å². The zero-order valence-electron chi connectivity index (χ0n) is 7.10. The van der Waals surface area contributed by atoms with Crippen molar-refractivity contribution in [3.8, 4) is 0 Å². The molecule has 0 N–H and O–H groups in total. The van der Waals surface area contributed by atoms with Crippen LogP contribution in [0.1, 0.15) is 27.7 Å². The highest BCUT2D eigenvalue weighted by molar-refractivity contribution is 6.30. The van der Waals surface area contributed by atoms with Gasteiger partial charge < -0.3 is 4.65 Å². The number of rotatable bonds is 2. The monoisotopic (exact) mass is 141 g/mol. The van der Waals surface area contributed by atoms with E-state index in [-0.39, 0.29) is 11.4 Å². The van der Waals surface area contributed by atoms with Gasteiger partial charge in [0.2, 0.25) is 0 Å². The van der Waals surface area contributed by atoms with Gasteiger partial charge in [0.05, 0.1) is 5.41 Å². The first-order chi connectivity index (χ1) is 4.48. The van der Waals surface area contributed by atoms with Crippen LogP contribution >= 0.6 is 0 Å². The molecular weight excluding hydrogens is 127 g/mol. The minimum absolute atomic E-state index is 0.172. The third-order valence-corrected chi connectivity index (χ3v) is 0.969. The van der Waals surface area contributed by atoms with Crippen molar-refractivity contribution in [3.05, 3.63) is 0 Å². The van der Waals surface area contributed by atoms with Crippen molar-refractivity contribution in [3.63, 3.8) is 0 Å². The van der Waals surface area contributed by atoms with Gasteiger partial charge in [-0.2, -0.15) is 0 Å². The largest absolute Gasteiger partial charge is 0.538 e. The van der Waals surface area contributed by atoms with E-state index < -0.39 is 0 Å². The van der Waals surface area contributed by atoms with Gasteiger partial charge in [-0.25, -0.2) is 0 Å². The van der Waals surface area contributed by atoms with Crippen LogP contribution in [0, 0.1) is 5.41 Å². The van der Waals surface area contributed by atoms with Crippen molar-refractivity contribution in [1.82, 2.24) is 0 Å². The lowest BCUT2D eigenvalue weighted by molar-refractivity contribution is -0.143. The number of hydrogen-bond acceptors (Lipinski definition) is 2. The van der Waals surface area contributed by atoms with Crippen molar-refractivity contribution < 1.29 is 9.45 Å². The fraction of sp³-hybridized carbons (Fsp3) is 0.857. The first-order valence-electron chi connectivity index (χ1n) is 3.51. The average molecular weight is 141 g/mol. The fourth-order valence-corrected chi connectivity index (χ4v) is 0.336. The smallest absolute Gasteiger partial charge is 0.373 e. The molecule has 0 spiro atoms. The van der Waals surface area contributed by atoms with Gasteiger partial charge >= 0.3 is 7.48 Å². The van der Waals surface area contributed by atoms with Crippen LogP contribution in [0.5, 0.6) is 0 Å². The fourth-order valence-electron chi connectivity index (χ4n) is 0.336. The van der Waals surface area contributed by atoms with E-state index in [1.54, 1.807) is 0 Å². The quantitative estimate of drug-likeness (QED) is 0.546. The average Bonchev–Trinajstić information content (AvgIpc) is 1.80. The van der Waals surface area contributed by atoms with Crippen LogP contribution in [-0.2, 0) is 9.45 Å². The lowest BCUT2D eigenvalue weighted by atomic mass is 9.93. The highest BCUT2D eigenvalue weighted by atomic mass is 16.5. The van der Waals surface area contributed by atoms with Crippen LogP contribution in [0.2, 0.25) is 6.32 Å². The second-order valence-electron chi connectivity index (χ2n) is 3.23. The maximum absolute atomic E-state index is 11.0. The Morgan fingerprint density at radius 3 is 2.30 bits per heavy atom. The molecule has 57 valence electrons. The van der Waals surface area contributed by atoms with E-state index in [1.807, 2.05) is 27.7 Å². The molecule has 2 nitrogen and oxygen atoms in total. The van der Waals surface area contributed by atoms with E-state index in [2.05, 4.69) is 0 Å². The predicted molar refractivity (Wildman–Crippen MR) is 41.8 cm³/mol. The molecule has 0 aliphatic carbocycles. The lowest BCUT2D eigenvalue weighted by Gasteiger charge is -2.15. The molecule has 0 aliphatic heterocycles. The molecule has 0 aromatic carbocycles. The minimum atomic E-state index is -0.383. The lowest BCUT2D eigenvalue weighted by Crippen LogP contribution is -2.24. The molecule has 0 saturated carbocycles. The van der Waals surface area contributed by atoms with Crippen LogP contribution < -0.4 is 0 Å². The Morgan fingerprint density at radius 2 is 2.00 bits per heavy atom. The van der Waals surface area contributed by atoms with Gasteiger partial charge in [0.25, 0.3) is 5.97 Å². The molecule has 1 radical (unpaired) electrons. The van der Waals surface area contributed by atoms with Crippen molar-refractivity contribution in [2.45, 2.75) is 34.0 Å². The predicted octanol–water partition coefficient (Wildman–Crippen LogP) is 1.63. The maximum atomic E-state index is 11.0. The van der Waals surface area contributed by atoms with Crippen molar-refractivity contribution in [2.75, 3.05) is 0 Å². The molecule has 0 aromatic rings. The molecule has 0 rings (SSSR count). The summed E-state index contributed by atoms with van der Waals surface area (Å²) in [6, 6.07) is 0. The second-order valence-corrected chi connectivity index (χ2v) is 3.23. The van der Waals surface area contributed by atoms with Gasteiger partial charge in [-0.15, -0.1) is 0 Å². The normalized spacial score (nSPS) is 10.8. The third-order valence-electron chi connectivity index (χ3n) is 0.969. The Labute approximate surface area is 63.2 Å². The van der Waals surface area contributed by atoms with Gasteiger partial charge in [0, 0.05) is 0 Å². The van der Waals surface area contributed by atoms with Gasteiger partial charge in [-0.05, 0) is 27.1 Å². The molecule has 0 saturated heterocycles.